The minimum atomic E-state index is -0.387. The van der Waals surface area contributed by atoms with Gasteiger partial charge in [0.25, 0.3) is 0 Å². The molecule has 2 aromatic carbocycles. The highest BCUT2D eigenvalue weighted by atomic mass is 35.5. The van der Waals surface area contributed by atoms with Crippen LogP contribution in [0.5, 0.6) is 5.75 Å². The Morgan fingerprint density at radius 2 is 2.05 bits per heavy atom. The van der Waals surface area contributed by atoms with Crippen molar-refractivity contribution in [1.82, 2.24) is 0 Å². The van der Waals surface area contributed by atoms with Crippen LogP contribution in [0.2, 0.25) is 5.02 Å². The minimum Gasteiger partial charge on any atom is -0.493 e. The van der Waals surface area contributed by atoms with Crippen molar-refractivity contribution in [1.29, 1.82) is 0 Å². The van der Waals surface area contributed by atoms with Crippen molar-refractivity contribution in [3.8, 4) is 5.75 Å². The van der Waals surface area contributed by atoms with Crippen molar-refractivity contribution in [3.05, 3.63) is 64.4 Å². The van der Waals surface area contributed by atoms with Crippen LogP contribution in [0.25, 0.3) is 0 Å². The van der Waals surface area contributed by atoms with Gasteiger partial charge in [0.2, 0.25) is 0 Å². The number of fused-ring (bicyclic) bond motifs is 1. The summed E-state index contributed by atoms with van der Waals surface area (Å²) in [5.74, 6) is 0.491. The lowest BCUT2D eigenvalue weighted by atomic mass is 9.72. The van der Waals surface area contributed by atoms with Crippen LogP contribution in [0.4, 0.5) is 4.39 Å². The molecule has 0 saturated heterocycles. The van der Waals surface area contributed by atoms with Gasteiger partial charge in [-0.15, -0.1) is 0 Å². The first-order chi connectivity index (χ1) is 10.1. The molecule has 4 heteroatoms. The monoisotopic (exact) mass is 305 g/mol. The summed E-state index contributed by atoms with van der Waals surface area (Å²) in [4.78, 5) is 0. The third-order valence-corrected chi connectivity index (χ3v) is 4.52. The van der Waals surface area contributed by atoms with E-state index in [1.54, 1.807) is 6.07 Å². The fourth-order valence-electron chi connectivity index (χ4n) is 3.03. The van der Waals surface area contributed by atoms with Crippen LogP contribution in [0.1, 0.15) is 17.5 Å². The standard InChI is InChI=1S/C17H17ClFNO/c18-14-6-5-12(9-15(14)19)10-17(11-20)7-8-21-16-4-2-1-3-13(16)17/h1-6,9H,7-8,10-11,20H2. The largest absolute Gasteiger partial charge is 0.493 e. The second-order valence-corrected chi connectivity index (χ2v) is 5.91. The zero-order valence-corrected chi connectivity index (χ0v) is 12.4. The molecule has 3 rings (SSSR count). The molecule has 1 unspecified atom stereocenters. The molecule has 0 spiro atoms. The zero-order chi connectivity index (χ0) is 14.9. The Hall–Kier alpha value is -1.58. The van der Waals surface area contributed by atoms with E-state index >= 15 is 0 Å². The summed E-state index contributed by atoms with van der Waals surface area (Å²) in [6.45, 7) is 1.13. The molecule has 0 bridgehead atoms. The first-order valence-corrected chi connectivity index (χ1v) is 7.39. The van der Waals surface area contributed by atoms with Gasteiger partial charge >= 0.3 is 0 Å². The van der Waals surface area contributed by atoms with E-state index in [9.17, 15) is 4.39 Å². The molecule has 2 aromatic rings. The smallest absolute Gasteiger partial charge is 0.142 e. The van der Waals surface area contributed by atoms with Crippen LogP contribution in [-0.4, -0.2) is 13.2 Å². The van der Waals surface area contributed by atoms with Gasteiger partial charge in [0.05, 0.1) is 11.6 Å². The predicted molar refractivity (Wildman–Crippen MR) is 82.4 cm³/mol. The van der Waals surface area contributed by atoms with Gasteiger partial charge in [-0.3, -0.25) is 0 Å². The highest BCUT2D eigenvalue weighted by Gasteiger charge is 2.36. The van der Waals surface area contributed by atoms with Crippen LogP contribution in [0.15, 0.2) is 42.5 Å². The van der Waals surface area contributed by atoms with Gasteiger partial charge in [0.15, 0.2) is 0 Å². The SMILES string of the molecule is NCC1(Cc2ccc(Cl)c(F)c2)CCOc2ccccc21. The molecule has 0 aromatic heterocycles. The Labute approximate surface area is 128 Å². The van der Waals surface area contributed by atoms with Gasteiger partial charge in [-0.05, 0) is 36.6 Å². The molecule has 1 heterocycles. The minimum absolute atomic E-state index is 0.146. The first-order valence-electron chi connectivity index (χ1n) is 7.01. The topological polar surface area (TPSA) is 35.2 Å². The number of rotatable bonds is 3. The molecular formula is C17H17ClFNO. The van der Waals surface area contributed by atoms with E-state index in [1.807, 2.05) is 30.3 Å². The lowest BCUT2D eigenvalue weighted by Gasteiger charge is -2.38. The lowest BCUT2D eigenvalue weighted by Crippen LogP contribution is -2.41. The molecule has 1 aliphatic heterocycles. The molecule has 0 saturated carbocycles. The summed E-state index contributed by atoms with van der Waals surface area (Å²) in [5.41, 5.74) is 7.89. The highest BCUT2D eigenvalue weighted by Crippen LogP contribution is 2.40. The van der Waals surface area contributed by atoms with Crippen LogP contribution >= 0.6 is 11.6 Å². The molecule has 0 amide bonds. The normalized spacial score (nSPS) is 20.7. The molecule has 1 aliphatic rings. The van der Waals surface area contributed by atoms with Crippen LogP contribution in [-0.2, 0) is 11.8 Å². The highest BCUT2D eigenvalue weighted by molar-refractivity contribution is 6.30. The maximum Gasteiger partial charge on any atom is 0.142 e. The Kier molecular flexibility index (Phi) is 3.87. The van der Waals surface area contributed by atoms with Gasteiger partial charge in [-0.1, -0.05) is 35.9 Å². The van der Waals surface area contributed by atoms with E-state index in [2.05, 4.69) is 0 Å². The lowest BCUT2D eigenvalue weighted by molar-refractivity contribution is 0.215. The maximum absolute atomic E-state index is 13.7. The average Bonchev–Trinajstić information content (AvgIpc) is 2.51. The van der Waals surface area contributed by atoms with Gasteiger partial charge in [-0.2, -0.15) is 0 Å². The Balaban J connectivity index is 2.00. The zero-order valence-electron chi connectivity index (χ0n) is 11.6. The molecule has 0 fully saturated rings. The average molecular weight is 306 g/mol. The Morgan fingerprint density at radius 3 is 2.81 bits per heavy atom. The Morgan fingerprint density at radius 1 is 1.24 bits per heavy atom. The predicted octanol–water partition coefficient (Wildman–Crippen LogP) is 3.70. The van der Waals surface area contributed by atoms with E-state index in [-0.39, 0.29) is 16.3 Å². The molecule has 2 nitrogen and oxygen atoms in total. The second kappa shape index (κ2) is 5.66. The number of hydrogen-bond acceptors (Lipinski definition) is 2. The molecular weight excluding hydrogens is 289 g/mol. The summed E-state index contributed by atoms with van der Waals surface area (Å²) in [5, 5.41) is 0.146. The number of para-hydroxylation sites is 1. The maximum atomic E-state index is 13.7. The third-order valence-electron chi connectivity index (χ3n) is 4.21. The molecule has 1 atom stereocenters. The molecule has 0 aliphatic carbocycles. The number of nitrogens with two attached hydrogens (primary N) is 1. The van der Waals surface area contributed by atoms with Crippen LogP contribution < -0.4 is 10.5 Å². The van der Waals surface area contributed by atoms with Crippen molar-refractivity contribution in [2.75, 3.05) is 13.2 Å². The van der Waals surface area contributed by atoms with Crippen molar-refractivity contribution in [2.24, 2.45) is 5.73 Å². The summed E-state index contributed by atoms with van der Waals surface area (Å²) in [6.07, 6.45) is 1.50. The van der Waals surface area contributed by atoms with E-state index in [4.69, 9.17) is 22.1 Å². The summed E-state index contributed by atoms with van der Waals surface area (Å²) in [6, 6.07) is 12.9. The van der Waals surface area contributed by atoms with Gasteiger partial charge in [0.1, 0.15) is 11.6 Å². The van der Waals surface area contributed by atoms with Crippen molar-refractivity contribution in [2.45, 2.75) is 18.3 Å². The van der Waals surface area contributed by atoms with Crippen LogP contribution in [0, 0.1) is 5.82 Å². The van der Waals surface area contributed by atoms with Crippen molar-refractivity contribution < 1.29 is 9.13 Å². The van der Waals surface area contributed by atoms with Gasteiger partial charge in [-0.25, -0.2) is 4.39 Å². The van der Waals surface area contributed by atoms with Gasteiger partial charge in [0, 0.05) is 17.5 Å². The molecule has 0 radical (unpaired) electrons. The van der Waals surface area contributed by atoms with Crippen molar-refractivity contribution >= 4 is 11.6 Å². The number of ether oxygens (including phenoxy) is 1. The summed E-state index contributed by atoms with van der Waals surface area (Å²) in [7, 11) is 0. The quantitative estimate of drug-likeness (QED) is 0.938. The van der Waals surface area contributed by atoms with E-state index in [1.165, 1.54) is 6.07 Å². The fourth-order valence-corrected chi connectivity index (χ4v) is 3.15. The fraction of sp³-hybridized carbons (Fsp3) is 0.294. The molecule has 110 valence electrons. The van der Waals surface area contributed by atoms with Crippen LogP contribution in [0.3, 0.4) is 0 Å². The summed E-state index contributed by atoms with van der Waals surface area (Å²) < 4.78 is 19.4. The second-order valence-electron chi connectivity index (χ2n) is 5.50. The first kappa shape index (κ1) is 14.4. The molecule has 21 heavy (non-hydrogen) atoms. The van der Waals surface area contributed by atoms with E-state index in [0.717, 1.165) is 23.3 Å². The summed E-state index contributed by atoms with van der Waals surface area (Å²) >= 11 is 5.75. The number of hydrogen-bond donors (Lipinski definition) is 1. The van der Waals surface area contributed by atoms with E-state index < -0.39 is 0 Å². The number of benzene rings is 2. The third kappa shape index (κ3) is 2.63. The number of halogens is 2. The van der Waals surface area contributed by atoms with E-state index in [0.29, 0.717) is 19.6 Å². The Bertz CT molecular complexity index is 661. The van der Waals surface area contributed by atoms with Gasteiger partial charge < -0.3 is 10.5 Å². The van der Waals surface area contributed by atoms with Crippen molar-refractivity contribution in [3.63, 3.8) is 0 Å². The molecule has 2 N–H and O–H groups in total.